The lowest BCUT2D eigenvalue weighted by Crippen LogP contribution is -1.89. The van der Waals surface area contributed by atoms with Crippen molar-refractivity contribution in [3.8, 4) is 34.3 Å². The fourth-order valence-corrected chi connectivity index (χ4v) is 2.14. The molecule has 0 aliphatic rings. The van der Waals surface area contributed by atoms with Crippen LogP contribution in [0.4, 0.5) is 0 Å². The van der Waals surface area contributed by atoms with E-state index in [2.05, 4.69) is 15.1 Å². The van der Waals surface area contributed by atoms with Crippen LogP contribution in [0.1, 0.15) is 11.4 Å². The second-order valence-corrected chi connectivity index (χ2v) is 4.80. The van der Waals surface area contributed by atoms with Crippen LogP contribution in [-0.4, -0.2) is 25.3 Å². The predicted octanol–water partition coefficient (Wildman–Crippen LogP) is 2.83. The molecule has 0 spiro atoms. The molecule has 0 fully saturated rings. The molecule has 0 bridgehead atoms. The monoisotopic (exact) mass is 283 g/mol. The van der Waals surface area contributed by atoms with Crippen molar-refractivity contribution in [2.75, 3.05) is 0 Å². The molecule has 0 amide bonds. The van der Waals surface area contributed by atoms with E-state index in [4.69, 9.17) is 4.52 Å². The first-order chi connectivity index (χ1) is 10.0. The van der Waals surface area contributed by atoms with E-state index in [1.165, 1.54) is 18.2 Å². The molecule has 2 heterocycles. The minimum Gasteiger partial charge on any atom is -0.508 e. The third-order valence-electron chi connectivity index (χ3n) is 2.92. The second-order valence-electron chi connectivity index (χ2n) is 4.80. The first kappa shape index (κ1) is 13.1. The van der Waals surface area contributed by atoms with Crippen LogP contribution in [0.25, 0.3) is 22.8 Å². The molecule has 6 nitrogen and oxygen atoms in total. The van der Waals surface area contributed by atoms with Gasteiger partial charge >= 0.3 is 0 Å². The van der Waals surface area contributed by atoms with Crippen molar-refractivity contribution in [2.24, 2.45) is 0 Å². The van der Waals surface area contributed by atoms with Gasteiger partial charge in [0.25, 0.3) is 5.89 Å². The Morgan fingerprint density at radius 2 is 1.43 bits per heavy atom. The van der Waals surface area contributed by atoms with Gasteiger partial charge in [0, 0.05) is 28.6 Å². The lowest BCUT2D eigenvalue weighted by atomic mass is 10.2. The average molecular weight is 283 g/mol. The summed E-state index contributed by atoms with van der Waals surface area (Å²) in [6, 6.07) is 7.85. The third-order valence-corrected chi connectivity index (χ3v) is 2.92. The van der Waals surface area contributed by atoms with Gasteiger partial charge in [-0.25, -0.2) is 0 Å². The minimum absolute atomic E-state index is 0.0691. The predicted molar refractivity (Wildman–Crippen MR) is 75.8 cm³/mol. The zero-order valence-electron chi connectivity index (χ0n) is 11.5. The molecule has 2 aromatic heterocycles. The number of aromatic nitrogens is 3. The summed E-state index contributed by atoms with van der Waals surface area (Å²) in [6.45, 7) is 3.79. The maximum Gasteiger partial charge on any atom is 0.258 e. The van der Waals surface area contributed by atoms with Crippen molar-refractivity contribution in [1.82, 2.24) is 15.1 Å². The number of benzene rings is 1. The number of rotatable bonds is 2. The molecule has 1 aromatic carbocycles. The number of phenolic OH excluding ortho intramolecular Hbond substituents is 2. The molecule has 3 rings (SSSR count). The molecule has 0 radical (unpaired) electrons. The molecule has 0 unspecified atom stereocenters. The molecular weight excluding hydrogens is 270 g/mol. The largest absolute Gasteiger partial charge is 0.508 e. The highest BCUT2D eigenvalue weighted by Crippen LogP contribution is 2.29. The number of phenols is 2. The Morgan fingerprint density at radius 1 is 0.810 bits per heavy atom. The van der Waals surface area contributed by atoms with Gasteiger partial charge < -0.3 is 14.7 Å². The van der Waals surface area contributed by atoms with Crippen molar-refractivity contribution in [3.05, 3.63) is 41.7 Å². The summed E-state index contributed by atoms with van der Waals surface area (Å²) in [5.74, 6) is 0.519. The van der Waals surface area contributed by atoms with E-state index in [1.54, 1.807) is 0 Å². The van der Waals surface area contributed by atoms with E-state index in [9.17, 15) is 10.2 Å². The zero-order valence-corrected chi connectivity index (χ0v) is 11.5. The molecular formula is C15H13N3O3. The highest BCUT2D eigenvalue weighted by Gasteiger charge is 2.13. The van der Waals surface area contributed by atoms with Crippen LogP contribution in [0, 0.1) is 13.8 Å². The van der Waals surface area contributed by atoms with Gasteiger partial charge in [-0.15, -0.1) is 0 Å². The van der Waals surface area contributed by atoms with Crippen LogP contribution >= 0.6 is 0 Å². The number of hydrogen-bond donors (Lipinski definition) is 2. The van der Waals surface area contributed by atoms with Crippen molar-refractivity contribution < 1.29 is 14.7 Å². The highest BCUT2D eigenvalue weighted by molar-refractivity contribution is 5.62. The smallest absolute Gasteiger partial charge is 0.258 e. The molecule has 0 aliphatic heterocycles. The number of aryl methyl sites for hydroxylation is 2. The van der Waals surface area contributed by atoms with Gasteiger partial charge in [-0.2, -0.15) is 4.98 Å². The molecule has 0 atom stereocenters. The van der Waals surface area contributed by atoms with Gasteiger partial charge in [-0.05, 0) is 38.1 Å². The van der Waals surface area contributed by atoms with Gasteiger partial charge in [0.2, 0.25) is 5.82 Å². The molecule has 3 aromatic rings. The number of hydrogen-bond acceptors (Lipinski definition) is 6. The summed E-state index contributed by atoms with van der Waals surface area (Å²) in [7, 11) is 0. The molecule has 0 saturated heterocycles. The van der Waals surface area contributed by atoms with E-state index >= 15 is 0 Å². The van der Waals surface area contributed by atoms with Crippen LogP contribution in [0.15, 0.2) is 34.9 Å². The average Bonchev–Trinajstić information content (AvgIpc) is 2.85. The Balaban J connectivity index is 2.03. The minimum atomic E-state index is -0.0691. The van der Waals surface area contributed by atoms with Crippen LogP contribution in [-0.2, 0) is 0 Å². The summed E-state index contributed by atoms with van der Waals surface area (Å²) < 4.78 is 5.19. The fraction of sp³-hybridized carbons (Fsp3) is 0.133. The summed E-state index contributed by atoms with van der Waals surface area (Å²) in [4.78, 5) is 8.58. The molecule has 6 heteroatoms. The Hall–Kier alpha value is -2.89. The van der Waals surface area contributed by atoms with Crippen molar-refractivity contribution in [3.63, 3.8) is 0 Å². The molecule has 0 saturated carbocycles. The van der Waals surface area contributed by atoms with Gasteiger partial charge in [-0.1, -0.05) is 5.16 Å². The number of aromatic hydroxyl groups is 2. The standard InChI is InChI=1S/C15H13N3O3/c1-8-3-10(4-9(2)16-8)14-17-15(21-18-14)11-5-12(19)7-13(20)6-11/h3-7,19-20H,1-2H3. The Kier molecular flexibility index (Phi) is 3.06. The first-order valence-corrected chi connectivity index (χ1v) is 6.34. The normalized spacial score (nSPS) is 10.8. The van der Waals surface area contributed by atoms with Gasteiger partial charge in [0.1, 0.15) is 11.5 Å². The summed E-state index contributed by atoms with van der Waals surface area (Å²) >= 11 is 0. The Labute approximate surface area is 120 Å². The summed E-state index contributed by atoms with van der Waals surface area (Å²) in [5, 5.41) is 22.9. The van der Waals surface area contributed by atoms with Crippen LogP contribution in [0.3, 0.4) is 0 Å². The lowest BCUT2D eigenvalue weighted by molar-refractivity contribution is 0.428. The van der Waals surface area contributed by atoms with Crippen molar-refractivity contribution in [1.29, 1.82) is 0 Å². The maximum atomic E-state index is 9.49. The van der Waals surface area contributed by atoms with E-state index < -0.39 is 0 Å². The van der Waals surface area contributed by atoms with Gasteiger partial charge in [-0.3, -0.25) is 4.98 Å². The Morgan fingerprint density at radius 3 is 2.05 bits per heavy atom. The summed E-state index contributed by atoms with van der Waals surface area (Å²) in [5.41, 5.74) is 2.99. The molecule has 21 heavy (non-hydrogen) atoms. The van der Waals surface area contributed by atoms with E-state index in [0.29, 0.717) is 11.4 Å². The quantitative estimate of drug-likeness (QED) is 0.751. The van der Waals surface area contributed by atoms with E-state index in [1.807, 2.05) is 26.0 Å². The third kappa shape index (κ3) is 2.69. The van der Waals surface area contributed by atoms with Gasteiger partial charge in [0.15, 0.2) is 0 Å². The first-order valence-electron chi connectivity index (χ1n) is 6.34. The fourth-order valence-electron chi connectivity index (χ4n) is 2.14. The number of nitrogens with zero attached hydrogens (tertiary/aromatic N) is 3. The molecule has 2 N–H and O–H groups in total. The van der Waals surface area contributed by atoms with Crippen LogP contribution < -0.4 is 0 Å². The van der Waals surface area contributed by atoms with Crippen molar-refractivity contribution >= 4 is 0 Å². The molecule has 0 aliphatic carbocycles. The SMILES string of the molecule is Cc1cc(-c2noc(-c3cc(O)cc(O)c3)n2)cc(C)n1. The van der Waals surface area contributed by atoms with Gasteiger partial charge in [0.05, 0.1) is 0 Å². The lowest BCUT2D eigenvalue weighted by Gasteiger charge is -1.99. The molecule has 106 valence electrons. The van der Waals surface area contributed by atoms with Crippen LogP contribution in [0.5, 0.6) is 11.5 Å². The van der Waals surface area contributed by atoms with E-state index in [0.717, 1.165) is 17.0 Å². The topological polar surface area (TPSA) is 92.3 Å². The van der Waals surface area contributed by atoms with E-state index in [-0.39, 0.29) is 17.4 Å². The Bertz CT molecular complexity index is 705. The highest BCUT2D eigenvalue weighted by atomic mass is 16.5. The maximum absolute atomic E-state index is 9.49. The van der Waals surface area contributed by atoms with Crippen molar-refractivity contribution in [2.45, 2.75) is 13.8 Å². The number of pyridine rings is 1. The summed E-state index contributed by atoms with van der Waals surface area (Å²) in [6.07, 6.45) is 0. The second kappa shape index (κ2) is 4.90. The van der Waals surface area contributed by atoms with Crippen LogP contribution in [0.2, 0.25) is 0 Å². The zero-order chi connectivity index (χ0) is 15.0.